The summed E-state index contributed by atoms with van der Waals surface area (Å²) in [7, 11) is 3.81. The van der Waals surface area contributed by atoms with Gasteiger partial charge in [-0.3, -0.25) is 9.88 Å². The Morgan fingerprint density at radius 3 is 2.75 bits per heavy atom. The summed E-state index contributed by atoms with van der Waals surface area (Å²) >= 11 is 0. The zero-order valence-corrected chi connectivity index (χ0v) is 12.4. The van der Waals surface area contributed by atoms with Gasteiger partial charge >= 0.3 is 0 Å². The van der Waals surface area contributed by atoms with E-state index in [4.69, 9.17) is 10.5 Å². The van der Waals surface area contributed by atoms with E-state index in [-0.39, 0.29) is 6.04 Å². The highest BCUT2D eigenvalue weighted by atomic mass is 16.5. The molecule has 2 atom stereocenters. The fourth-order valence-corrected chi connectivity index (χ4v) is 2.58. The van der Waals surface area contributed by atoms with Crippen molar-refractivity contribution in [3.05, 3.63) is 42.2 Å². The van der Waals surface area contributed by atoms with Gasteiger partial charge in [0.1, 0.15) is 0 Å². The molecule has 1 aromatic carbocycles. The molecule has 1 heterocycles. The maximum absolute atomic E-state index is 6.02. The summed E-state index contributed by atoms with van der Waals surface area (Å²) in [5.74, 6) is 0. The van der Waals surface area contributed by atoms with Gasteiger partial charge in [-0.1, -0.05) is 24.3 Å². The van der Waals surface area contributed by atoms with Crippen LogP contribution in [-0.4, -0.2) is 43.2 Å². The summed E-state index contributed by atoms with van der Waals surface area (Å²) in [6, 6.07) is 8.73. The summed E-state index contributed by atoms with van der Waals surface area (Å²) in [5, 5.41) is 2.37. The number of fused-ring (bicyclic) bond motifs is 1. The van der Waals surface area contributed by atoms with Crippen LogP contribution in [0.1, 0.15) is 18.5 Å². The van der Waals surface area contributed by atoms with Crippen LogP contribution >= 0.6 is 0 Å². The number of rotatable bonds is 6. The molecule has 2 unspecified atom stereocenters. The van der Waals surface area contributed by atoms with Crippen LogP contribution in [0.3, 0.4) is 0 Å². The maximum Gasteiger partial charge on any atom is 0.0615 e. The second-order valence-electron chi connectivity index (χ2n) is 5.17. The molecule has 0 fully saturated rings. The Kier molecular flexibility index (Phi) is 5.06. The molecule has 0 spiro atoms. The standard InChI is InChI=1S/C16H23N3O/c1-12(11-20-3)19(2)16(8-17)15-10-18-9-13-6-4-5-7-14(13)15/h4-7,9-10,12,16H,8,11,17H2,1-3H3. The third kappa shape index (κ3) is 2.98. The Morgan fingerprint density at radius 2 is 2.05 bits per heavy atom. The molecule has 108 valence electrons. The number of aromatic nitrogens is 1. The topological polar surface area (TPSA) is 51.4 Å². The summed E-state index contributed by atoms with van der Waals surface area (Å²) < 4.78 is 5.24. The molecule has 0 saturated heterocycles. The Bertz CT molecular complexity index is 553. The summed E-state index contributed by atoms with van der Waals surface area (Å²) in [6.07, 6.45) is 3.82. The molecule has 0 aliphatic carbocycles. The first kappa shape index (κ1) is 14.9. The maximum atomic E-state index is 6.02. The molecule has 0 aliphatic rings. The van der Waals surface area contributed by atoms with E-state index in [9.17, 15) is 0 Å². The third-order valence-corrected chi connectivity index (χ3v) is 3.88. The van der Waals surface area contributed by atoms with E-state index < -0.39 is 0 Å². The lowest BCUT2D eigenvalue weighted by Gasteiger charge is -2.32. The molecule has 20 heavy (non-hydrogen) atoms. The molecule has 2 N–H and O–H groups in total. The molecule has 0 radical (unpaired) electrons. The smallest absolute Gasteiger partial charge is 0.0615 e. The number of pyridine rings is 1. The van der Waals surface area contributed by atoms with Crippen molar-refractivity contribution in [3.63, 3.8) is 0 Å². The number of hydrogen-bond donors (Lipinski definition) is 1. The minimum Gasteiger partial charge on any atom is -0.383 e. The van der Waals surface area contributed by atoms with Crippen molar-refractivity contribution < 1.29 is 4.74 Å². The van der Waals surface area contributed by atoms with Crippen LogP contribution in [0.25, 0.3) is 10.8 Å². The number of likely N-dealkylation sites (N-methyl/N-ethyl adjacent to an activating group) is 1. The number of benzene rings is 1. The van der Waals surface area contributed by atoms with E-state index in [1.54, 1.807) is 7.11 Å². The Morgan fingerprint density at radius 1 is 1.30 bits per heavy atom. The average molecular weight is 273 g/mol. The summed E-state index contributed by atoms with van der Waals surface area (Å²) in [6.45, 7) is 3.39. The van der Waals surface area contributed by atoms with Gasteiger partial charge in [-0.25, -0.2) is 0 Å². The molecule has 4 nitrogen and oxygen atoms in total. The highest BCUT2D eigenvalue weighted by Crippen LogP contribution is 2.27. The fraction of sp³-hybridized carbons (Fsp3) is 0.438. The van der Waals surface area contributed by atoms with Gasteiger partial charge in [0, 0.05) is 43.5 Å². The van der Waals surface area contributed by atoms with E-state index in [1.807, 2.05) is 18.5 Å². The fourth-order valence-electron chi connectivity index (χ4n) is 2.58. The van der Waals surface area contributed by atoms with Crippen molar-refractivity contribution in [1.29, 1.82) is 0 Å². The highest BCUT2D eigenvalue weighted by Gasteiger charge is 2.22. The van der Waals surface area contributed by atoms with Gasteiger partial charge in [0.15, 0.2) is 0 Å². The Labute approximate surface area is 120 Å². The molecular formula is C16H23N3O. The van der Waals surface area contributed by atoms with Crippen molar-refractivity contribution in [2.24, 2.45) is 5.73 Å². The van der Waals surface area contributed by atoms with Crippen LogP contribution in [0.4, 0.5) is 0 Å². The average Bonchev–Trinajstić information content (AvgIpc) is 2.48. The van der Waals surface area contributed by atoms with Crippen molar-refractivity contribution in [2.75, 3.05) is 27.3 Å². The summed E-state index contributed by atoms with van der Waals surface area (Å²) in [4.78, 5) is 6.61. The number of ether oxygens (including phenoxy) is 1. The van der Waals surface area contributed by atoms with Gasteiger partial charge in [-0.05, 0) is 24.9 Å². The number of nitrogens with two attached hydrogens (primary N) is 1. The molecule has 1 aromatic heterocycles. The zero-order valence-electron chi connectivity index (χ0n) is 12.4. The normalized spacial score (nSPS) is 14.7. The van der Waals surface area contributed by atoms with Crippen molar-refractivity contribution in [2.45, 2.75) is 19.0 Å². The van der Waals surface area contributed by atoms with Gasteiger partial charge in [0.2, 0.25) is 0 Å². The predicted octanol–water partition coefficient (Wildman–Crippen LogP) is 2.20. The van der Waals surface area contributed by atoms with E-state index in [1.165, 1.54) is 10.9 Å². The molecule has 0 amide bonds. The first-order valence-electron chi connectivity index (χ1n) is 6.92. The second-order valence-corrected chi connectivity index (χ2v) is 5.17. The third-order valence-electron chi connectivity index (χ3n) is 3.88. The molecular weight excluding hydrogens is 250 g/mol. The minimum absolute atomic E-state index is 0.138. The molecule has 4 heteroatoms. The predicted molar refractivity (Wildman–Crippen MR) is 82.6 cm³/mol. The van der Waals surface area contributed by atoms with E-state index in [0.29, 0.717) is 19.2 Å². The number of nitrogens with zero attached hydrogens (tertiary/aromatic N) is 2. The Hall–Kier alpha value is -1.49. The van der Waals surface area contributed by atoms with Crippen LogP contribution < -0.4 is 5.73 Å². The molecule has 2 aromatic rings. The lowest BCUT2D eigenvalue weighted by atomic mass is 10.00. The van der Waals surface area contributed by atoms with Crippen molar-refractivity contribution in [3.8, 4) is 0 Å². The van der Waals surface area contributed by atoms with Crippen LogP contribution in [0.15, 0.2) is 36.7 Å². The van der Waals surface area contributed by atoms with Gasteiger partial charge in [-0.2, -0.15) is 0 Å². The quantitative estimate of drug-likeness (QED) is 0.876. The first-order valence-corrected chi connectivity index (χ1v) is 6.92. The SMILES string of the molecule is COCC(C)N(C)C(CN)c1cncc2ccccc12. The van der Waals surface area contributed by atoms with Crippen molar-refractivity contribution >= 4 is 10.8 Å². The van der Waals surface area contributed by atoms with Crippen LogP contribution in [-0.2, 0) is 4.74 Å². The Balaban J connectivity index is 2.39. The minimum atomic E-state index is 0.138. The molecule has 0 bridgehead atoms. The van der Waals surface area contributed by atoms with E-state index in [2.05, 4.69) is 42.1 Å². The van der Waals surface area contributed by atoms with Crippen LogP contribution in [0.2, 0.25) is 0 Å². The van der Waals surface area contributed by atoms with Crippen LogP contribution in [0.5, 0.6) is 0 Å². The van der Waals surface area contributed by atoms with Gasteiger partial charge < -0.3 is 10.5 Å². The van der Waals surface area contributed by atoms with E-state index in [0.717, 1.165) is 5.39 Å². The molecule has 0 aliphatic heterocycles. The monoisotopic (exact) mass is 273 g/mol. The second kappa shape index (κ2) is 6.79. The van der Waals surface area contributed by atoms with Gasteiger partial charge in [0.25, 0.3) is 0 Å². The van der Waals surface area contributed by atoms with Gasteiger partial charge in [-0.15, -0.1) is 0 Å². The van der Waals surface area contributed by atoms with Crippen LogP contribution in [0, 0.1) is 0 Å². The van der Waals surface area contributed by atoms with Crippen molar-refractivity contribution in [1.82, 2.24) is 9.88 Å². The van der Waals surface area contributed by atoms with E-state index >= 15 is 0 Å². The zero-order chi connectivity index (χ0) is 14.5. The molecule has 2 rings (SSSR count). The van der Waals surface area contributed by atoms with Gasteiger partial charge in [0.05, 0.1) is 6.61 Å². The molecule has 0 saturated carbocycles. The summed E-state index contributed by atoms with van der Waals surface area (Å²) in [5.41, 5.74) is 7.20. The number of methoxy groups -OCH3 is 1. The highest BCUT2D eigenvalue weighted by molar-refractivity contribution is 5.85. The number of hydrogen-bond acceptors (Lipinski definition) is 4. The first-order chi connectivity index (χ1) is 9.69. The lowest BCUT2D eigenvalue weighted by molar-refractivity contribution is 0.0913. The largest absolute Gasteiger partial charge is 0.383 e. The lowest BCUT2D eigenvalue weighted by Crippen LogP contribution is -2.39.